The first-order valence-electron chi connectivity index (χ1n) is 4.86. The van der Waals surface area contributed by atoms with E-state index >= 15 is 0 Å². The van der Waals surface area contributed by atoms with Crippen LogP contribution in [0.3, 0.4) is 0 Å². The van der Waals surface area contributed by atoms with Gasteiger partial charge in [0.1, 0.15) is 12.1 Å². The molecule has 2 aromatic rings. The van der Waals surface area contributed by atoms with Crippen LogP contribution in [0.4, 0.5) is 0 Å². The number of hydrogen-bond acceptors (Lipinski definition) is 2. The number of carbonyl (C=O) groups is 1. The van der Waals surface area contributed by atoms with Crippen molar-refractivity contribution < 1.29 is 4.79 Å². The number of imidazole rings is 1. The molecule has 3 nitrogen and oxygen atoms in total. The molecular weight excluding hydrogens is 212 g/mol. The fraction of sp³-hybridized carbons (Fsp3) is 0.273. The van der Waals surface area contributed by atoms with E-state index in [-0.39, 0.29) is 0 Å². The van der Waals surface area contributed by atoms with Crippen molar-refractivity contribution in [2.75, 3.05) is 0 Å². The fourth-order valence-corrected chi connectivity index (χ4v) is 2.03. The Bertz CT molecular complexity index is 505. The zero-order valence-corrected chi connectivity index (χ0v) is 9.16. The van der Waals surface area contributed by atoms with Gasteiger partial charge in [-0.1, -0.05) is 24.6 Å². The highest BCUT2D eigenvalue weighted by atomic mass is 35.5. The minimum Gasteiger partial charge on any atom is -0.303 e. The molecule has 15 heavy (non-hydrogen) atoms. The number of carbonyl (C=O) groups excluding carboxylic acids is 1. The number of aryl methyl sites for hydroxylation is 1. The number of nitrogens with zero attached hydrogens (tertiary/aromatic N) is 2. The molecule has 0 bridgehead atoms. The third-order valence-corrected chi connectivity index (χ3v) is 2.66. The molecule has 2 rings (SSSR count). The summed E-state index contributed by atoms with van der Waals surface area (Å²) in [6.45, 7) is 2.03. The van der Waals surface area contributed by atoms with Gasteiger partial charge in [0.05, 0.1) is 5.52 Å². The van der Waals surface area contributed by atoms with Crippen LogP contribution in [-0.4, -0.2) is 15.7 Å². The normalized spacial score (nSPS) is 10.8. The smallest absolute Gasteiger partial charge is 0.155 e. The molecule has 78 valence electrons. The number of halogens is 1. The fourth-order valence-electron chi connectivity index (χ4n) is 1.72. The van der Waals surface area contributed by atoms with E-state index in [2.05, 4.69) is 4.98 Å². The lowest BCUT2D eigenvalue weighted by molar-refractivity contribution is -0.107. The second-order valence-corrected chi connectivity index (χ2v) is 3.65. The van der Waals surface area contributed by atoms with Gasteiger partial charge in [-0.3, -0.25) is 0 Å². The molecule has 0 aliphatic rings. The zero-order chi connectivity index (χ0) is 10.8. The molecule has 2 heterocycles. The molecule has 0 atom stereocenters. The Morgan fingerprint density at radius 1 is 1.60 bits per heavy atom. The maximum absolute atomic E-state index is 10.5. The molecule has 0 fully saturated rings. The predicted molar refractivity (Wildman–Crippen MR) is 59.3 cm³/mol. The predicted octanol–water partition coefficient (Wildman–Crippen LogP) is 2.29. The van der Waals surface area contributed by atoms with Crippen molar-refractivity contribution in [1.82, 2.24) is 9.38 Å². The number of aldehydes is 1. The van der Waals surface area contributed by atoms with E-state index in [1.807, 2.05) is 29.7 Å². The third-order valence-electron chi connectivity index (χ3n) is 2.40. The van der Waals surface area contributed by atoms with E-state index in [9.17, 15) is 4.79 Å². The highest BCUT2D eigenvalue weighted by molar-refractivity contribution is 6.33. The van der Waals surface area contributed by atoms with Gasteiger partial charge in [-0.05, 0) is 11.6 Å². The SMILES string of the molecule is CCc1nc(Cl)c2c(CC=O)cccn12. The van der Waals surface area contributed by atoms with Crippen LogP contribution in [-0.2, 0) is 17.6 Å². The largest absolute Gasteiger partial charge is 0.303 e. The summed E-state index contributed by atoms with van der Waals surface area (Å²) in [5.41, 5.74) is 1.77. The summed E-state index contributed by atoms with van der Waals surface area (Å²) < 4.78 is 1.95. The molecule has 0 aliphatic carbocycles. The van der Waals surface area contributed by atoms with Crippen LogP contribution >= 0.6 is 11.6 Å². The molecule has 0 radical (unpaired) electrons. The van der Waals surface area contributed by atoms with Crippen LogP contribution in [0.2, 0.25) is 5.15 Å². The highest BCUT2D eigenvalue weighted by Gasteiger charge is 2.10. The lowest BCUT2D eigenvalue weighted by atomic mass is 10.2. The van der Waals surface area contributed by atoms with Crippen molar-refractivity contribution in [2.24, 2.45) is 0 Å². The second-order valence-electron chi connectivity index (χ2n) is 3.30. The zero-order valence-electron chi connectivity index (χ0n) is 8.40. The first-order chi connectivity index (χ1) is 7.27. The topological polar surface area (TPSA) is 34.4 Å². The maximum atomic E-state index is 10.5. The van der Waals surface area contributed by atoms with Crippen molar-refractivity contribution in [3.63, 3.8) is 0 Å². The van der Waals surface area contributed by atoms with Crippen molar-refractivity contribution in [3.8, 4) is 0 Å². The number of pyridine rings is 1. The average molecular weight is 223 g/mol. The van der Waals surface area contributed by atoms with Gasteiger partial charge in [-0.2, -0.15) is 0 Å². The van der Waals surface area contributed by atoms with Gasteiger partial charge in [0.2, 0.25) is 0 Å². The number of hydrogen-bond donors (Lipinski definition) is 0. The molecule has 0 aliphatic heterocycles. The summed E-state index contributed by atoms with van der Waals surface area (Å²) in [7, 11) is 0. The molecule has 0 saturated heterocycles. The van der Waals surface area contributed by atoms with E-state index in [1.54, 1.807) is 0 Å². The van der Waals surface area contributed by atoms with Crippen LogP contribution in [0.25, 0.3) is 5.52 Å². The van der Waals surface area contributed by atoms with Gasteiger partial charge in [-0.15, -0.1) is 0 Å². The molecule has 2 aromatic heterocycles. The number of aromatic nitrogens is 2. The maximum Gasteiger partial charge on any atom is 0.155 e. The Hall–Kier alpha value is -1.35. The second kappa shape index (κ2) is 4.03. The number of rotatable bonds is 3. The molecular formula is C11H11ClN2O. The van der Waals surface area contributed by atoms with E-state index in [0.717, 1.165) is 29.6 Å². The van der Waals surface area contributed by atoms with Gasteiger partial charge in [0, 0.05) is 19.0 Å². The van der Waals surface area contributed by atoms with Crippen molar-refractivity contribution in [3.05, 3.63) is 34.9 Å². The summed E-state index contributed by atoms with van der Waals surface area (Å²) >= 11 is 6.05. The van der Waals surface area contributed by atoms with Crippen LogP contribution in [0.1, 0.15) is 18.3 Å². The Balaban J connectivity index is 2.73. The summed E-state index contributed by atoms with van der Waals surface area (Å²) in [5, 5.41) is 0.476. The Kier molecular flexibility index (Phi) is 2.73. The van der Waals surface area contributed by atoms with Crippen LogP contribution < -0.4 is 0 Å². The molecule has 0 unspecified atom stereocenters. The van der Waals surface area contributed by atoms with Gasteiger partial charge >= 0.3 is 0 Å². The van der Waals surface area contributed by atoms with E-state index in [1.165, 1.54) is 0 Å². The van der Waals surface area contributed by atoms with Gasteiger partial charge < -0.3 is 9.20 Å². The molecule has 0 saturated carbocycles. The molecule has 0 spiro atoms. The van der Waals surface area contributed by atoms with Gasteiger partial charge in [0.25, 0.3) is 0 Å². The van der Waals surface area contributed by atoms with Gasteiger partial charge in [-0.25, -0.2) is 4.98 Å². The molecule has 0 amide bonds. The number of fused-ring (bicyclic) bond motifs is 1. The standard InChI is InChI=1S/C11H11ClN2O/c1-2-9-13-11(12)10-8(5-7-15)4-3-6-14(9)10/h3-4,6-7H,2,5H2,1H3. The third kappa shape index (κ3) is 1.63. The molecule has 0 N–H and O–H groups in total. The Morgan fingerprint density at radius 3 is 3.07 bits per heavy atom. The first kappa shape index (κ1) is 10.2. The lowest BCUT2D eigenvalue weighted by Crippen LogP contribution is -1.95. The summed E-state index contributed by atoms with van der Waals surface area (Å²) in [6.07, 6.45) is 3.99. The van der Waals surface area contributed by atoms with Crippen molar-refractivity contribution >= 4 is 23.4 Å². The average Bonchev–Trinajstić information content (AvgIpc) is 2.57. The Morgan fingerprint density at radius 2 is 2.40 bits per heavy atom. The first-order valence-corrected chi connectivity index (χ1v) is 5.23. The van der Waals surface area contributed by atoms with E-state index in [0.29, 0.717) is 11.6 Å². The van der Waals surface area contributed by atoms with Crippen LogP contribution in [0, 0.1) is 0 Å². The highest BCUT2D eigenvalue weighted by Crippen LogP contribution is 2.22. The van der Waals surface area contributed by atoms with E-state index in [4.69, 9.17) is 11.6 Å². The monoisotopic (exact) mass is 222 g/mol. The Labute approximate surface area is 92.7 Å². The molecule has 4 heteroatoms. The summed E-state index contributed by atoms with van der Waals surface area (Å²) in [4.78, 5) is 14.8. The molecule has 0 aromatic carbocycles. The minimum atomic E-state index is 0.374. The lowest BCUT2D eigenvalue weighted by Gasteiger charge is -2.01. The van der Waals surface area contributed by atoms with Crippen molar-refractivity contribution in [1.29, 1.82) is 0 Å². The van der Waals surface area contributed by atoms with Crippen molar-refractivity contribution in [2.45, 2.75) is 19.8 Å². The van der Waals surface area contributed by atoms with E-state index < -0.39 is 0 Å². The quantitative estimate of drug-likeness (QED) is 0.747. The van der Waals surface area contributed by atoms with Gasteiger partial charge in [0.15, 0.2) is 5.15 Å². The summed E-state index contributed by atoms with van der Waals surface area (Å²) in [6, 6.07) is 3.81. The summed E-state index contributed by atoms with van der Waals surface area (Å²) in [5.74, 6) is 0.919. The van der Waals surface area contributed by atoms with Crippen LogP contribution in [0.5, 0.6) is 0 Å². The van der Waals surface area contributed by atoms with Crippen LogP contribution in [0.15, 0.2) is 18.3 Å². The minimum absolute atomic E-state index is 0.374.